The molecule has 1 saturated heterocycles. The third kappa shape index (κ3) is 2.98. The van der Waals surface area contributed by atoms with Gasteiger partial charge in [-0.25, -0.2) is 4.68 Å². The van der Waals surface area contributed by atoms with E-state index in [1.807, 2.05) is 24.0 Å². The van der Waals surface area contributed by atoms with Crippen LogP contribution in [0.25, 0.3) is 0 Å². The first-order valence-electron chi connectivity index (χ1n) is 8.39. The van der Waals surface area contributed by atoms with Crippen LogP contribution in [-0.2, 0) is 9.53 Å². The van der Waals surface area contributed by atoms with Crippen LogP contribution >= 0.6 is 23.2 Å². The summed E-state index contributed by atoms with van der Waals surface area (Å²) < 4.78 is 7.18. The average molecular weight is 393 g/mol. The first kappa shape index (κ1) is 17.4. The summed E-state index contributed by atoms with van der Waals surface area (Å²) in [4.78, 5) is 15.1. The molecular weight excluding hydrogens is 375 g/mol. The van der Waals surface area contributed by atoms with Crippen molar-refractivity contribution in [1.82, 2.24) is 14.7 Å². The van der Waals surface area contributed by atoms with Gasteiger partial charge >= 0.3 is 0 Å². The minimum atomic E-state index is -0.369. The summed E-state index contributed by atoms with van der Waals surface area (Å²) in [5.74, 6) is 0.813. The molecule has 0 spiro atoms. The van der Waals surface area contributed by atoms with Gasteiger partial charge in [0.15, 0.2) is 0 Å². The van der Waals surface area contributed by atoms with Crippen LogP contribution in [0.1, 0.15) is 18.5 Å². The number of ether oxygens (including phenoxy) is 1. The molecular formula is C18H18Cl2N4O2. The lowest BCUT2D eigenvalue weighted by atomic mass is 9.94. The van der Waals surface area contributed by atoms with Gasteiger partial charge in [0.05, 0.1) is 35.0 Å². The first-order chi connectivity index (χ1) is 12.6. The van der Waals surface area contributed by atoms with E-state index in [4.69, 9.17) is 27.9 Å². The van der Waals surface area contributed by atoms with Crippen LogP contribution in [0.15, 0.2) is 41.7 Å². The molecule has 26 heavy (non-hydrogen) atoms. The Bertz CT molecular complexity index is 887. The molecule has 4 rings (SSSR count). The lowest BCUT2D eigenvalue weighted by Gasteiger charge is -2.34. The van der Waals surface area contributed by atoms with Crippen LogP contribution in [0.4, 0.5) is 5.82 Å². The van der Waals surface area contributed by atoms with Gasteiger partial charge in [0.1, 0.15) is 11.9 Å². The zero-order valence-corrected chi connectivity index (χ0v) is 15.7. The van der Waals surface area contributed by atoms with Crippen LogP contribution in [0.2, 0.25) is 10.0 Å². The fourth-order valence-corrected chi connectivity index (χ4v) is 3.72. The molecule has 136 valence electrons. The number of anilines is 1. The van der Waals surface area contributed by atoms with E-state index in [1.165, 1.54) is 0 Å². The Labute approximate surface area is 161 Å². The van der Waals surface area contributed by atoms with E-state index < -0.39 is 0 Å². The zero-order valence-electron chi connectivity index (χ0n) is 14.2. The third-order valence-electron chi connectivity index (χ3n) is 4.70. The van der Waals surface area contributed by atoms with Gasteiger partial charge in [-0.3, -0.25) is 4.79 Å². The molecule has 1 atom stereocenters. The number of hydrogen-bond acceptors (Lipinski definition) is 4. The lowest BCUT2D eigenvalue weighted by molar-refractivity contribution is -0.131. The molecule has 0 radical (unpaired) electrons. The molecule has 1 unspecified atom stereocenters. The normalized spacial score (nSPS) is 20.0. The minimum absolute atomic E-state index is 0.0180. The maximum absolute atomic E-state index is 13.3. The maximum Gasteiger partial charge on any atom is 0.254 e. The Morgan fingerprint density at radius 1 is 1.23 bits per heavy atom. The molecule has 0 bridgehead atoms. The highest BCUT2D eigenvalue weighted by molar-refractivity contribution is 6.42. The number of amides is 1. The van der Waals surface area contributed by atoms with E-state index in [0.29, 0.717) is 41.9 Å². The number of morpholine rings is 1. The van der Waals surface area contributed by atoms with E-state index in [-0.39, 0.29) is 11.9 Å². The van der Waals surface area contributed by atoms with Crippen LogP contribution in [0.5, 0.6) is 0 Å². The van der Waals surface area contributed by atoms with E-state index >= 15 is 0 Å². The van der Waals surface area contributed by atoms with Gasteiger partial charge in [0.25, 0.3) is 5.91 Å². The largest absolute Gasteiger partial charge is 0.378 e. The number of benzene rings is 1. The summed E-state index contributed by atoms with van der Waals surface area (Å²) in [5.41, 5.74) is 2.33. The molecule has 1 amide bonds. The monoisotopic (exact) mass is 392 g/mol. The Balaban J connectivity index is 1.81. The van der Waals surface area contributed by atoms with Crippen molar-refractivity contribution in [1.29, 1.82) is 0 Å². The van der Waals surface area contributed by atoms with Gasteiger partial charge in [-0.15, -0.1) is 0 Å². The number of rotatable bonds is 2. The number of nitrogens with zero attached hydrogens (tertiary/aromatic N) is 3. The van der Waals surface area contributed by atoms with Crippen LogP contribution in [-0.4, -0.2) is 46.9 Å². The van der Waals surface area contributed by atoms with Crippen molar-refractivity contribution < 1.29 is 9.53 Å². The molecule has 3 heterocycles. The van der Waals surface area contributed by atoms with E-state index in [0.717, 1.165) is 17.1 Å². The zero-order chi connectivity index (χ0) is 18.3. The number of hydrogen-bond donors (Lipinski definition) is 1. The minimum Gasteiger partial charge on any atom is -0.378 e. The maximum atomic E-state index is 13.3. The van der Waals surface area contributed by atoms with E-state index in [1.54, 1.807) is 23.0 Å². The summed E-state index contributed by atoms with van der Waals surface area (Å²) >= 11 is 12.3. The summed E-state index contributed by atoms with van der Waals surface area (Å²) in [5, 5.41) is 8.63. The standard InChI is InChI=1S/C18H18Cl2N4O2/c1-11-16(18(25)23-6-8-26-9-7-23)17(24-15(22-11)4-5-21-24)12-2-3-13(19)14(20)10-12/h2-5,10,17,22H,6-9H2,1H3. The molecule has 8 heteroatoms. The van der Waals surface area contributed by atoms with Crippen molar-refractivity contribution >= 4 is 34.9 Å². The summed E-state index contributed by atoms with van der Waals surface area (Å²) in [6.07, 6.45) is 1.71. The Hall–Kier alpha value is -2.02. The van der Waals surface area contributed by atoms with Gasteiger partial charge < -0.3 is 15.0 Å². The Kier molecular flexibility index (Phi) is 4.65. The fourth-order valence-electron chi connectivity index (χ4n) is 3.41. The Morgan fingerprint density at radius 2 is 2.00 bits per heavy atom. The predicted octanol–water partition coefficient (Wildman–Crippen LogP) is 3.34. The molecule has 1 N–H and O–H groups in total. The van der Waals surface area contributed by atoms with E-state index in [9.17, 15) is 4.79 Å². The summed E-state index contributed by atoms with van der Waals surface area (Å²) in [6, 6.07) is 6.94. The third-order valence-corrected chi connectivity index (χ3v) is 5.44. The molecule has 1 aromatic heterocycles. The SMILES string of the molecule is CC1=C(C(=O)N2CCOCC2)C(c2ccc(Cl)c(Cl)c2)n2nccc2N1. The van der Waals surface area contributed by atoms with Crippen molar-refractivity contribution in [3.63, 3.8) is 0 Å². The average Bonchev–Trinajstić information content (AvgIpc) is 3.11. The second-order valence-electron chi connectivity index (χ2n) is 6.31. The molecule has 2 aliphatic heterocycles. The molecule has 0 aliphatic carbocycles. The van der Waals surface area contributed by atoms with E-state index in [2.05, 4.69) is 10.4 Å². The lowest BCUT2D eigenvalue weighted by Crippen LogP contribution is -2.44. The molecule has 1 aromatic carbocycles. The number of fused-ring (bicyclic) bond motifs is 1. The number of carbonyl (C=O) groups excluding carboxylic acids is 1. The number of halogens is 2. The van der Waals surface area contributed by atoms with Gasteiger partial charge in [-0.2, -0.15) is 5.10 Å². The highest BCUT2D eigenvalue weighted by Gasteiger charge is 2.35. The van der Waals surface area contributed by atoms with Crippen molar-refractivity contribution in [2.75, 3.05) is 31.6 Å². The highest BCUT2D eigenvalue weighted by atomic mass is 35.5. The molecule has 0 saturated carbocycles. The van der Waals surface area contributed by atoms with Crippen LogP contribution in [0, 0.1) is 0 Å². The quantitative estimate of drug-likeness (QED) is 0.851. The van der Waals surface area contributed by atoms with Crippen LogP contribution in [0.3, 0.4) is 0 Å². The van der Waals surface area contributed by atoms with Crippen molar-refractivity contribution in [3.8, 4) is 0 Å². The highest BCUT2D eigenvalue weighted by Crippen LogP contribution is 2.38. The second kappa shape index (κ2) is 6.95. The van der Waals surface area contributed by atoms with Gasteiger partial charge in [-0.05, 0) is 24.6 Å². The van der Waals surface area contributed by atoms with Gasteiger partial charge in [-0.1, -0.05) is 29.3 Å². The van der Waals surface area contributed by atoms with Gasteiger partial charge in [0, 0.05) is 24.9 Å². The topological polar surface area (TPSA) is 59.4 Å². The van der Waals surface area contributed by atoms with Crippen molar-refractivity contribution in [2.24, 2.45) is 0 Å². The van der Waals surface area contributed by atoms with Crippen molar-refractivity contribution in [3.05, 3.63) is 57.3 Å². The number of carbonyl (C=O) groups is 1. The number of allylic oxidation sites excluding steroid dienone is 1. The summed E-state index contributed by atoms with van der Waals surface area (Å²) in [7, 11) is 0. The second-order valence-corrected chi connectivity index (χ2v) is 7.12. The molecule has 2 aromatic rings. The number of aromatic nitrogens is 2. The fraction of sp³-hybridized carbons (Fsp3) is 0.333. The van der Waals surface area contributed by atoms with Crippen molar-refractivity contribution in [2.45, 2.75) is 13.0 Å². The first-order valence-corrected chi connectivity index (χ1v) is 9.15. The summed E-state index contributed by atoms with van der Waals surface area (Å²) in [6.45, 7) is 4.17. The molecule has 2 aliphatic rings. The smallest absolute Gasteiger partial charge is 0.254 e. The molecule has 1 fully saturated rings. The number of nitrogens with one attached hydrogen (secondary N) is 1. The Morgan fingerprint density at radius 3 is 2.73 bits per heavy atom. The van der Waals surface area contributed by atoms with Crippen LogP contribution < -0.4 is 5.32 Å². The van der Waals surface area contributed by atoms with Gasteiger partial charge in [0.2, 0.25) is 0 Å². The molecule has 6 nitrogen and oxygen atoms in total. The predicted molar refractivity (Wildman–Crippen MR) is 101 cm³/mol.